The molecule has 0 aromatic carbocycles. The molecule has 0 aromatic heterocycles. The fourth-order valence-corrected chi connectivity index (χ4v) is 4.94. The third-order valence-corrected chi connectivity index (χ3v) is 6.51. The smallest absolute Gasteiger partial charge is 0.353 e. The third kappa shape index (κ3) is 5.29. The Labute approximate surface area is 169 Å². The molecule has 2 heterocycles. The zero-order chi connectivity index (χ0) is 21.4. The van der Waals surface area contributed by atoms with Gasteiger partial charge in [-0.1, -0.05) is 12.8 Å². The largest absolute Gasteiger partial charge is 0.406 e. The Bertz CT molecular complexity index is 589. The van der Waals surface area contributed by atoms with Gasteiger partial charge in [0.1, 0.15) is 12.1 Å². The lowest BCUT2D eigenvalue weighted by Crippen LogP contribution is -2.58. The van der Waals surface area contributed by atoms with E-state index in [1.54, 1.807) is 0 Å². The van der Waals surface area contributed by atoms with Gasteiger partial charge in [-0.2, -0.15) is 26.3 Å². The van der Waals surface area contributed by atoms with Crippen LogP contribution in [0.25, 0.3) is 0 Å². The molecule has 1 amide bonds. The Kier molecular flexibility index (Phi) is 6.92. The standard InChI is InChI=1S/C17H25ClF6N4O/c18-11-3-1-2-4-12(11)28-14(17(22,23)24)10(8-26-28)15(29)27-9-5-6-25-13(7-9)16(19,20)21/h9-14,25-26H,1-8H2,(H,27,29). The van der Waals surface area contributed by atoms with Crippen LogP contribution in [0.5, 0.6) is 0 Å². The second-order valence-electron chi connectivity index (χ2n) is 8.01. The second-order valence-corrected chi connectivity index (χ2v) is 8.57. The van der Waals surface area contributed by atoms with E-state index in [2.05, 4.69) is 16.1 Å². The summed E-state index contributed by atoms with van der Waals surface area (Å²) >= 11 is 6.26. The fourth-order valence-electron chi connectivity index (χ4n) is 4.54. The summed E-state index contributed by atoms with van der Waals surface area (Å²) in [5.74, 6) is -2.32. The first kappa shape index (κ1) is 22.9. The number of nitrogens with one attached hydrogen (secondary N) is 3. The molecule has 3 rings (SSSR count). The van der Waals surface area contributed by atoms with Crippen molar-refractivity contribution in [3.63, 3.8) is 0 Å². The molecule has 0 spiro atoms. The minimum Gasteiger partial charge on any atom is -0.353 e. The minimum atomic E-state index is -4.68. The number of amides is 1. The number of piperidine rings is 1. The molecule has 0 aromatic rings. The van der Waals surface area contributed by atoms with Crippen molar-refractivity contribution in [2.24, 2.45) is 5.92 Å². The van der Waals surface area contributed by atoms with Crippen molar-refractivity contribution < 1.29 is 31.1 Å². The number of nitrogens with zero attached hydrogens (tertiary/aromatic N) is 1. The van der Waals surface area contributed by atoms with Gasteiger partial charge in [-0.3, -0.25) is 10.2 Å². The highest BCUT2D eigenvalue weighted by Gasteiger charge is 2.57. The molecule has 3 fully saturated rings. The highest BCUT2D eigenvalue weighted by atomic mass is 35.5. The number of carbonyl (C=O) groups is 1. The summed E-state index contributed by atoms with van der Waals surface area (Å²) in [6, 6.07) is -5.22. The monoisotopic (exact) mass is 450 g/mol. The zero-order valence-electron chi connectivity index (χ0n) is 15.6. The van der Waals surface area contributed by atoms with Gasteiger partial charge in [0.15, 0.2) is 0 Å². The predicted octanol–water partition coefficient (Wildman–Crippen LogP) is 2.70. The molecule has 3 N–H and O–H groups in total. The van der Waals surface area contributed by atoms with Crippen molar-refractivity contribution in [2.75, 3.05) is 13.1 Å². The first-order valence-electron chi connectivity index (χ1n) is 9.81. The van der Waals surface area contributed by atoms with Crippen molar-refractivity contribution in [1.82, 2.24) is 21.1 Å². The zero-order valence-corrected chi connectivity index (χ0v) is 16.4. The molecule has 1 saturated carbocycles. The van der Waals surface area contributed by atoms with Crippen LogP contribution in [-0.2, 0) is 4.79 Å². The molecule has 168 valence electrons. The highest BCUT2D eigenvalue weighted by molar-refractivity contribution is 6.21. The minimum absolute atomic E-state index is 0.0306. The maximum absolute atomic E-state index is 13.8. The fraction of sp³-hybridized carbons (Fsp3) is 0.941. The lowest BCUT2D eigenvalue weighted by Gasteiger charge is -2.39. The van der Waals surface area contributed by atoms with E-state index in [1.165, 1.54) is 0 Å². The van der Waals surface area contributed by atoms with Gasteiger partial charge in [0.2, 0.25) is 5.91 Å². The van der Waals surface area contributed by atoms with Crippen LogP contribution < -0.4 is 16.1 Å². The molecule has 1 aliphatic carbocycles. The molecule has 0 radical (unpaired) electrons. The molecular weight excluding hydrogens is 426 g/mol. The van der Waals surface area contributed by atoms with Gasteiger partial charge in [0.25, 0.3) is 0 Å². The molecule has 0 bridgehead atoms. The van der Waals surface area contributed by atoms with Crippen LogP contribution in [-0.4, -0.2) is 65.9 Å². The van der Waals surface area contributed by atoms with E-state index in [1.807, 2.05) is 0 Å². The number of hydrogen-bond acceptors (Lipinski definition) is 4. The van der Waals surface area contributed by atoms with Crippen LogP contribution >= 0.6 is 11.6 Å². The Balaban J connectivity index is 1.69. The number of hydrogen-bond donors (Lipinski definition) is 3. The topological polar surface area (TPSA) is 56.4 Å². The lowest BCUT2D eigenvalue weighted by atomic mass is 9.91. The summed E-state index contributed by atoms with van der Waals surface area (Å²) in [7, 11) is 0. The van der Waals surface area contributed by atoms with Crippen LogP contribution in [0.4, 0.5) is 26.3 Å². The summed E-state index contributed by atoms with van der Waals surface area (Å²) < 4.78 is 80.2. The van der Waals surface area contributed by atoms with Crippen LogP contribution in [0.2, 0.25) is 0 Å². The molecule has 6 unspecified atom stereocenters. The third-order valence-electron chi connectivity index (χ3n) is 6.00. The van der Waals surface area contributed by atoms with Crippen LogP contribution in [0, 0.1) is 5.92 Å². The van der Waals surface area contributed by atoms with E-state index in [0.717, 1.165) is 17.9 Å². The van der Waals surface area contributed by atoms with E-state index in [-0.39, 0.29) is 19.5 Å². The van der Waals surface area contributed by atoms with Gasteiger partial charge < -0.3 is 10.6 Å². The normalized spacial score (nSPS) is 37.5. The molecule has 29 heavy (non-hydrogen) atoms. The maximum Gasteiger partial charge on any atom is 0.406 e. The van der Waals surface area contributed by atoms with E-state index >= 15 is 0 Å². The Morgan fingerprint density at radius 1 is 1.03 bits per heavy atom. The number of hydrazine groups is 1. The molecule has 12 heteroatoms. The van der Waals surface area contributed by atoms with Crippen molar-refractivity contribution in [3.8, 4) is 0 Å². The van der Waals surface area contributed by atoms with Crippen molar-refractivity contribution >= 4 is 17.5 Å². The molecule has 3 aliphatic rings. The summed E-state index contributed by atoms with van der Waals surface area (Å²) in [5, 5.41) is 5.35. The lowest BCUT2D eigenvalue weighted by molar-refractivity contribution is -0.198. The first-order chi connectivity index (χ1) is 13.5. The molecular formula is C17H25ClF6N4O. The van der Waals surface area contributed by atoms with E-state index in [0.29, 0.717) is 12.8 Å². The SMILES string of the molecule is O=C(NC1CCNC(C(F)(F)F)C1)C1CNN(C2CCCCC2Cl)C1C(F)(F)F. The average Bonchev–Trinajstić information content (AvgIpc) is 3.07. The molecule has 2 aliphatic heterocycles. The summed E-state index contributed by atoms with van der Waals surface area (Å²) in [5.41, 5.74) is 2.69. The van der Waals surface area contributed by atoms with E-state index in [9.17, 15) is 31.1 Å². The Morgan fingerprint density at radius 2 is 1.72 bits per heavy atom. The molecule has 2 saturated heterocycles. The van der Waals surface area contributed by atoms with Gasteiger partial charge in [-0.05, 0) is 32.2 Å². The van der Waals surface area contributed by atoms with Gasteiger partial charge in [0.05, 0.1) is 11.3 Å². The quantitative estimate of drug-likeness (QED) is 0.457. The second kappa shape index (κ2) is 8.76. The number of alkyl halides is 7. The summed E-state index contributed by atoms with van der Waals surface area (Å²) in [4.78, 5) is 12.6. The Hall–Kier alpha value is -0.780. The van der Waals surface area contributed by atoms with Gasteiger partial charge in [-0.25, -0.2) is 5.01 Å². The highest BCUT2D eigenvalue weighted by Crippen LogP contribution is 2.38. The average molecular weight is 451 g/mol. The van der Waals surface area contributed by atoms with Crippen molar-refractivity contribution in [1.29, 1.82) is 0 Å². The van der Waals surface area contributed by atoms with Gasteiger partial charge in [0, 0.05) is 18.6 Å². The first-order valence-corrected chi connectivity index (χ1v) is 10.2. The molecule has 5 nitrogen and oxygen atoms in total. The van der Waals surface area contributed by atoms with Crippen molar-refractivity contribution in [3.05, 3.63) is 0 Å². The maximum atomic E-state index is 13.8. The van der Waals surface area contributed by atoms with E-state index in [4.69, 9.17) is 11.6 Å². The van der Waals surface area contributed by atoms with Crippen LogP contribution in [0.3, 0.4) is 0 Å². The van der Waals surface area contributed by atoms with Gasteiger partial charge in [-0.15, -0.1) is 11.6 Å². The number of rotatable bonds is 3. The van der Waals surface area contributed by atoms with Crippen LogP contribution in [0.1, 0.15) is 38.5 Å². The summed E-state index contributed by atoms with van der Waals surface area (Å²) in [6.45, 7) is -0.202. The van der Waals surface area contributed by atoms with Gasteiger partial charge >= 0.3 is 12.4 Å². The molecule has 6 atom stereocenters. The van der Waals surface area contributed by atoms with E-state index < -0.39 is 60.1 Å². The number of halogens is 7. The predicted molar refractivity (Wildman–Crippen MR) is 94.1 cm³/mol. The van der Waals surface area contributed by atoms with Crippen LogP contribution in [0.15, 0.2) is 0 Å². The number of carbonyl (C=O) groups excluding carboxylic acids is 1. The summed E-state index contributed by atoms with van der Waals surface area (Å²) in [6.07, 6.45) is -6.64. The van der Waals surface area contributed by atoms with Crippen molar-refractivity contribution in [2.45, 2.75) is 80.4 Å². The Morgan fingerprint density at radius 3 is 2.34 bits per heavy atom.